The second-order valence-corrected chi connectivity index (χ2v) is 20.5. The van der Waals surface area contributed by atoms with Gasteiger partial charge in [-0.2, -0.15) is 0 Å². The van der Waals surface area contributed by atoms with Crippen LogP contribution in [0.2, 0.25) is 0 Å². The summed E-state index contributed by atoms with van der Waals surface area (Å²) in [6.45, 7) is 9.61. The van der Waals surface area contributed by atoms with E-state index in [1.165, 1.54) is 328 Å². The predicted octanol–water partition coefficient (Wildman–Crippen LogP) is 20.5. The SMILES string of the molecule is CCCCCCCCCCCCCCCCCCc1ccc([NH+](CCCCCCCCCCCCCCCCCC)CCCCCCCCCCCCCCCCCC)cc1. The highest BCUT2D eigenvalue weighted by Gasteiger charge is 2.12. The van der Waals surface area contributed by atoms with Crippen LogP contribution < -0.4 is 4.90 Å². The number of rotatable bonds is 52. The Labute approximate surface area is 387 Å². The van der Waals surface area contributed by atoms with Crippen molar-refractivity contribution in [1.29, 1.82) is 0 Å². The molecule has 0 heterocycles. The van der Waals surface area contributed by atoms with Gasteiger partial charge in [-0.15, -0.1) is 0 Å². The van der Waals surface area contributed by atoms with E-state index in [9.17, 15) is 0 Å². The minimum atomic E-state index is 1.27. The molecule has 360 valence electrons. The number of benzene rings is 1. The van der Waals surface area contributed by atoms with Crippen LogP contribution in [0.3, 0.4) is 0 Å². The molecule has 0 amide bonds. The highest BCUT2D eigenvalue weighted by atomic mass is 15.1. The first kappa shape index (κ1) is 58.2. The quantitative estimate of drug-likeness (QED) is 0.0623. The van der Waals surface area contributed by atoms with Gasteiger partial charge in [0.1, 0.15) is 5.69 Å². The minimum absolute atomic E-state index is 1.27. The zero-order valence-electron chi connectivity index (χ0n) is 42.9. The molecule has 1 aromatic carbocycles. The molecule has 0 bridgehead atoms. The third-order valence-corrected chi connectivity index (χ3v) is 14.3. The first-order valence-corrected chi connectivity index (χ1v) is 29.3. The van der Waals surface area contributed by atoms with Crippen LogP contribution in [0.25, 0.3) is 0 Å². The number of hydrogen-bond acceptors (Lipinski definition) is 0. The van der Waals surface area contributed by atoms with Crippen molar-refractivity contribution in [3.05, 3.63) is 29.8 Å². The van der Waals surface area contributed by atoms with Gasteiger partial charge in [0.05, 0.1) is 13.1 Å². The van der Waals surface area contributed by atoms with Crippen LogP contribution >= 0.6 is 0 Å². The number of nitrogens with one attached hydrogen (secondary N) is 1. The summed E-state index contributed by atoms with van der Waals surface area (Å²) < 4.78 is 0. The Kier molecular flexibility index (Phi) is 47.9. The Hall–Kier alpha value is -0.820. The molecule has 0 aliphatic rings. The van der Waals surface area contributed by atoms with Crippen molar-refractivity contribution in [2.24, 2.45) is 0 Å². The maximum Gasteiger partial charge on any atom is 0.131 e. The molecule has 1 N–H and O–H groups in total. The fourth-order valence-electron chi connectivity index (χ4n) is 9.97. The maximum absolute atomic E-state index is 2.51. The standard InChI is InChI=1S/C60H115N/c1-4-7-10-13-16-19-22-25-28-31-34-37-40-43-46-49-52-59-53-55-60(56-54-59)61(57-50-47-44-41-38-35-32-29-26-23-20-17-14-11-8-5-2)58-51-48-45-42-39-36-33-30-27-24-21-18-15-12-9-6-3/h53-56H,4-52,57-58H2,1-3H3/p+1. The van der Waals surface area contributed by atoms with Gasteiger partial charge in [0.2, 0.25) is 0 Å². The summed E-state index contributed by atoms with van der Waals surface area (Å²) in [5.41, 5.74) is 3.14. The summed E-state index contributed by atoms with van der Waals surface area (Å²) in [6, 6.07) is 10.00. The van der Waals surface area contributed by atoms with Crippen LogP contribution in [0, 0.1) is 0 Å². The minimum Gasteiger partial charge on any atom is -0.302 e. The van der Waals surface area contributed by atoms with Gasteiger partial charge in [-0.05, 0) is 56.2 Å². The third-order valence-electron chi connectivity index (χ3n) is 14.3. The van der Waals surface area contributed by atoms with Crippen molar-refractivity contribution in [2.75, 3.05) is 13.1 Å². The molecule has 61 heavy (non-hydrogen) atoms. The van der Waals surface area contributed by atoms with Crippen LogP contribution in [0.15, 0.2) is 24.3 Å². The molecule has 0 atom stereocenters. The van der Waals surface area contributed by atoms with Crippen LogP contribution in [0.4, 0.5) is 5.69 Å². The summed E-state index contributed by atoms with van der Waals surface area (Å²) in [4.78, 5) is 1.77. The smallest absolute Gasteiger partial charge is 0.131 e. The van der Waals surface area contributed by atoms with Crippen LogP contribution in [-0.4, -0.2) is 13.1 Å². The fraction of sp³-hybridized carbons (Fsp3) is 0.900. The topological polar surface area (TPSA) is 4.44 Å². The second kappa shape index (κ2) is 50.2. The molecule has 0 aromatic heterocycles. The Balaban J connectivity index is 2.25. The van der Waals surface area contributed by atoms with Gasteiger partial charge in [0, 0.05) is 0 Å². The van der Waals surface area contributed by atoms with Crippen LogP contribution in [-0.2, 0) is 6.42 Å². The van der Waals surface area contributed by atoms with E-state index in [1.54, 1.807) is 16.2 Å². The lowest BCUT2D eigenvalue weighted by atomic mass is 10.0. The molecule has 0 aliphatic carbocycles. The Morgan fingerprint density at radius 2 is 0.426 bits per heavy atom. The number of unbranched alkanes of at least 4 members (excludes halogenated alkanes) is 45. The van der Waals surface area contributed by atoms with Crippen molar-refractivity contribution < 1.29 is 4.90 Å². The summed E-state index contributed by atoms with van der Waals surface area (Å²) in [5, 5.41) is 0. The second-order valence-electron chi connectivity index (χ2n) is 20.5. The van der Waals surface area contributed by atoms with E-state index in [1.807, 2.05) is 0 Å². The lowest BCUT2D eigenvalue weighted by Gasteiger charge is -2.20. The summed E-state index contributed by atoms with van der Waals surface area (Å²) in [5.74, 6) is 0. The summed E-state index contributed by atoms with van der Waals surface area (Å²) in [6.07, 6.45) is 71.0. The van der Waals surface area contributed by atoms with Crippen LogP contribution in [0.5, 0.6) is 0 Å². The molecule has 0 fully saturated rings. The zero-order valence-corrected chi connectivity index (χ0v) is 42.9. The zero-order chi connectivity index (χ0) is 43.6. The average Bonchev–Trinajstić information content (AvgIpc) is 3.28. The molecule has 0 radical (unpaired) electrons. The van der Waals surface area contributed by atoms with Crippen molar-refractivity contribution in [3.8, 4) is 0 Å². The van der Waals surface area contributed by atoms with E-state index >= 15 is 0 Å². The molecule has 0 aliphatic heterocycles. The van der Waals surface area contributed by atoms with E-state index in [4.69, 9.17) is 0 Å². The largest absolute Gasteiger partial charge is 0.302 e. The Morgan fingerprint density at radius 3 is 0.656 bits per heavy atom. The molecule has 1 aromatic rings. The number of hydrogen-bond donors (Lipinski definition) is 1. The van der Waals surface area contributed by atoms with Gasteiger partial charge < -0.3 is 4.90 Å². The van der Waals surface area contributed by atoms with Crippen molar-refractivity contribution in [1.82, 2.24) is 0 Å². The molecule has 1 rings (SSSR count). The first-order valence-electron chi connectivity index (χ1n) is 29.3. The molecular formula is C60H116N+. The highest BCUT2D eigenvalue weighted by molar-refractivity contribution is 5.32. The molecule has 1 heteroatoms. The molecule has 0 saturated heterocycles. The van der Waals surface area contributed by atoms with Gasteiger partial charge in [0.15, 0.2) is 0 Å². The lowest BCUT2D eigenvalue weighted by Crippen LogP contribution is -3.07. The molecule has 0 spiro atoms. The number of quaternary nitrogens is 1. The van der Waals surface area contributed by atoms with E-state index < -0.39 is 0 Å². The monoisotopic (exact) mass is 851 g/mol. The average molecular weight is 852 g/mol. The molecular weight excluding hydrogens is 735 g/mol. The van der Waals surface area contributed by atoms with E-state index in [-0.39, 0.29) is 0 Å². The van der Waals surface area contributed by atoms with Crippen molar-refractivity contribution >= 4 is 5.69 Å². The normalized spacial score (nSPS) is 11.7. The van der Waals surface area contributed by atoms with Gasteiger partial charge in [-0.1, -0.05) is 309 Å². The van der Waals surface area contributed by atoms with Gasteiger partial charge in [0.25, 0.3) is 0 Å². The maximum atomic E-state index is 2.51. The molecule has 1 nitrogen and oxygen atoms in total. The highest BCUT2D eigenvalue weighted by Crippen LogP contribution is 2.18. The van der Waals surface area contributed by atoms with Crippen molar-refractivity contribution in [2.45, 2.75) is 335 Å². The number of aryl methyl sites for hydroxylation is 1. The Morgan fingerprint density at radius 1 is 0.230 bits per heavy atom. The summed E-state index contributed by atoms with van der Waals surface area (Å²) in [7, 11) is 0. The first-order chi connectivity index (χ1) is 30.3. The fourth-order valence-corrected chi connectivity index (χ4v) is 9.97. The summed E-state index contributed by atoms with van der Waals surface area (Å²) >= 11 is 0. The van der Waals surface area contributed by atoms with Gasteiger partial charge >= 0.3 is 0 Å². The van der Waals surface area contributed by atoms with Gasteiger partial charge in [-0.25, -0.2) is 0 Å². The van der Waals surface area contributed by atoms with E-state index in [0.29, 0.717) is 0 Å². The third kappa shape index (κ3) is 42.9. The van der Waals surface area contributed by atoms with Gasteiger partial charge in [-0.3, -0.25) is 0 Å². The van der Waals surface area contributed by atoms with E-state index in [0.717, 1.165) is 0 Å². The molecule has 0 saturated carbocycles. The van der Waals surface area contributed by atoms with E-state index in [2.05, 4.69) is 45.0 Å². The molecule has 0 unspecified atom stereocenters. The lowest BCUT2D eigenvalue weighted by molar-refractivity contribution is -0.833. The predicted molar refractivity (Wildman–Crippen MR) is 279 cm³/mol. The Bertz CT molecular complexity index is 884. The van der Waals surface area contributed by atoms with Crippen LogP contribution in [0.1, 0.15) is 335 Å². The van der Waals surface area contributed by atoms with Crippen molar-refractivity contribution in [3.63, 3.8) is 0 Å².